The maximum atomic E-state index is 6.20. The predicted octanol–water partition coefficient (Wildman–Crippen LogP) is 9.77. The van der Waals surface area contributed by atoms with Gasteiger partial charge in [0.25, 0.3) is 0 Å². The first kappa shape index (κ1) is 25.6. The van der Waals surface area contributed by atoms with Crippen LogP contribution in [0, 0.1) is 0 Å². The molecule has 0 N–H and O–H groups in total. The summed E-state index contributed by atoms with van der Waals surface area (Å²) in [5.74, 6) is 2.36. The molecule has 5 nitrogen and oxygen atoms in total. The van der Waals surface area contributed by atoms with Gasteiger partial charge in [-0.1, -0.05) is 110 Å². The summed E-state index contributed by atoms with van der Waals surface area (Å²) in [5, 5.41) is 1.98. The van der Waals surface area contributed by atoms with E-state index in [-0.39, 0.29) is 0 Å². The Labute approximate surface area is 254 Å². The maximum Gasteiger partial charge on any atom is 0.164 e. The Morgan fingerprint density at radius 3 is 2.05 bits per heavy atom. The highest BCUT2D eigenvalue weighted by Crippen LogP contribution is 2.42. The Bertz CT molecular complexity index is 2260. The van der Waals surface area contributed by atoms with E-state index in [1.807, 2.05) is 109 Å². The van der Waals surface area contributed by atoms with E-state index in [1.54, 1.807) is 6.26 Å². The Kier molecular flexibility index (Phi) is 6.20. The molecule has 0 aliphatic carbocycles. The molecular weight excluding hydrogens is 542 g/mol. The zero-order valence-electron chi connectivity index (χ0n) is 23.6. The maximum absolute atomic E-state index is 6.20. The molecule has 0 unspecified atom stereocenters. The van der Waals surface area contributed by atoms with Crippen molar-refractivity contribution in [3.63, 3.8) is 0 Å². The molecule has 1 aliphatic heterocycles. The molecule has 0 radical (unpaired) electrons. The molecule has 3 heterocycles. The highest BCUT2D eigenvalue weighted by Gasteiger charge is 2.23. The number of ether oxygens (including phenoxy) is 1. The normalized spacial score (nSPS) is 14.0. The van der Waals surface area contributed by atoms with Crippen molar-refractivity contribution in [3.05, 3.63) is 158 Å². The van der Waals surface area contributed by atoms with Crippen molar-refractivity contribution < 1.29 is 9.15 Å². The lowest BCUT2D eigenvalue weighted by Crippen LogP contribution is -2.06. The van der Waals surface area contributed by atoms with Crippen molar-refractivity contribution in [3.8, 4) is 39.7 Å². The van der Waals surface area contributed by atoms with Crippen molar-refractivity contribution in [1.82, 2.24) is 15.0 Å². The van der Waals surface area contributed by atoms with Gasteiger partial charge in [0.05, 0.1) is 6.26 Å². The summed E-state index contributed by atoms with van der Waals surface area (Å²) < 4.78 is 12.3. The summed E-state index contributed by atoms with van der Waals surface area (Å²) in [7, 11) is 0. The third kappa shape index (κ3) is 4.39. The van der Waals surface area contributed by atoms with Crippen LogP contribution in [0.3, 0.4) is 0 Å². The highest BCUT2D eigenvalue weighted by molar-refractivity contribution is 6.12. The van der Waals surface area contributed by atoms with E-state index >= 15 is 0 Å². The van der Waals surface area contributed by atoms with Gasteiger partial charge < -0.3 is 9.15 Å². The van der Waals surface area contributed by atoms with Crippen molar-refractivity contribution in [1.29, 1.82) is 0 Å². The Morgan fingerprint density at radius 1 is 0.545 bits per heavy atom. The Balaban J connectivity index is 1.37. The third-order valence-electron chi connectivity index (χ3n) is 7.83. The molecule has 5 aromatic carbocycles. The van der Waals surface area contributed by atoms with Crippen LogP contribution < -0.4 is 4.74 Å². The van der Waals surface area contributed by atoms with Crippen molar-refractivity contribution in [2.45, 2.75) is 0 Å². The summed E-state index contributed by atoms with van der Waals surface area (Å²) in [6, 6.07) is 40.3. The van der Waals surface area contributed by atoms with Gasteiger partial charge in [-0.2, -0.15) is 0 Å². The van der Waals surface area contributed by atoms with Gasteiger partial charge in [-0.05, 0) is 47.1 Å². The number of benzene rings is 5. The molecular formula is C39H25N3O2. The van der Waals surface area contributed by atoms with Crippen LogP contribution >= 0.6 is 0 Å². The number of rotatable bonds is 4. The summed E-state index contributed by atoms with van der Waals surface area (Å²) in [4.78, 5) is 15.2. The quantitative estimate of drug-likeness (QED) is 0.212. The van der Waals surface area contributed by atoms with Crippen molar-refractivity contribution in [2.75, 3.05) is 0 Å². The lowest BCUT2D eigenvalue weighted by molar-refractivity contribution is 0.480. The zero-order valence-corrected chi connectivity index (χ0v) is 23.6. The topological polar surface area (TPSA) is 61.0 Å². The number of allylic oxidation sites excluding steroid dienone is 4. The fraction of sp³-hybridized carbons (Fsp3) is 0. The van der Waals surface area contributed by atoms with E-state index < -0.39 is 0 Å². The van der Waals surface area contributed by atoms with E-state index in [0.29, 0.717) is 23.2 Å². The van der Waals surface area contributed by atoms with Gasteiger partial charge in [-0.3, -0.25) is 0 Å². The molecule has 208 valence electrons. The number of aromatic nitrogens is 3. The molecule has 5 heteroatoms. The van der Waals surface area contributed by atoms with Gasteiger partial charge in [0, 0.05) is 33.0 Å². The Morgan fingerprint density at radius 2 is 1.20 bits per heavy atom. The molecule has 1 aliphatic rings. The first-order valence-electron chi connectivity index (χ1n) is 14.4. The number of hydrogen-bond acceptors (Lipinski definition) is 5. The van der Waals surface area contributed by atoms with Crippen LogP contribution in [0.1, 0.15) is 11.4 Å². The molecule has 0 saturated carbocycles. The minimum atomic E-state index is 0.518. The minimum absolute atomic E-state index is 0.518. The fourth-order valence-corrected chi connectivity index (χ4v) is 5.79. The number of fused-ring (bicyclic) bond motifs is 4. The number of furan rings is 1. The number of nitrogens with zero attached hydrogens (tertiary/aromatic N) is 3. The standard InChI is InChI=1S/C39H25N3O2/c1-25-28(20-12-24-43-33-22-10-18-29(35(25)33)26-13-4-2-5-14-26)38-40-37(27-15-6-3-7-16-27)41-39(42-38)31-19-11-23-34-36(31)30-17-8-9-21-32(30)44-34/h2-24H,1H2/b24-12?,28-20+. The van der Waals surface area contributed by atoms with E-state index in [9.17, 15) is 0 Å². The predicted molar refractivity (Wildman–Crippen MR) is 177 cm³/mol. The average molecular weight is 568 g/mol. The molecule has 8 rings (SSSR count). The first-order chi connectivity index (χ1) is 21.7. The first-order valence-corrected chi connectivity index (χ1v) is 14.4. The van der Waals surface area contributed by atoms with Crippen LogP contribution in [0.4, 0.5) is 0 Å². The smallest absolute Gasteiger partial charge is 0.164 e. The van der Waals surface area contributed by atoms with E-state index in [0.717, 1.165) is 60.9 Å². The second kappa shape index (κ2) is 10.6. The molecule has 0 bridgehead atoms. The number of hydrogen-bond donors (Lipinski definition) is 0. The van der Waals surface area contributed by atoms with Crippen LogP contribution in [0.15, 0.2) is 151 Å². The summed E-state index contributed by atoms with van der Waals surface area (Å²) in [6.45, 7) is 4.59. The minimum Gasteiger partial charge on any atom is -0.464 e. The molecule has 0 spiro atoms. The van der Waals surface area contributed by atoms with Crippen LogP contribution in [0.2, 0.25) is 0 Å². The second-order valence-electron chi connectivity index (χ2n) is 10.5. The fourth-order valence-electron chi connectivity index (χ4n) is 5.79. The molecule has 0 saturated heterocycles. The van der Waals surface area contributed by atoms with Gasteiger partial charge in [-0.25, -0.2) is 15.0 Å². The summed E-state index contributed by atoms with van der Waals surface area (Å²) >= 11 is 0. The van der Waals surface area contributed by atoms with Crippen LogP contribution in [0.25, 0.3) is 67.0 Å². The van der Waals surface area contributed by atoms with Crippen molar-refractivity contribution >= 4 is 33.1 Å². The monoisotopic (exact) mass is 567 g/mol. The van der Waals surface area contributed by atoms with Gasteiger partial charge >= 0.3 is 0 Å². The second-order valence-corrected chi connectivity index (χ2v) is 10.5. The van der Waals surface area contributed by atoms with Crippen LogP contribution in [-0.4, -0.2) is 15.0 Å². The van der Waals surface area contributed by atoms with Gasteiger partial charge in [0.2, 0.25) is 0 Å². The molecule has 2 aromatic heterocycles. The van der Waals surface area contributed by atoms with E-state index in [2.05, 4.69) is 30.8 Å². The van der Waals surface area contributed by atoms with Gasteiger partial charge in [0.1, 0.15) is 16.9 Å². The highest BCUT2D eigenvalue weighted by atomic mass is 16.5. The van der Waals surface area contributed by atoms with Crippen LogP contribution in [0.5, 0.6) is 5.75 Å². The van der Waals surface area contributed by atoms with Gasteiger partial charge in [0.15, 0.2) is 17.5 Å². The molecule has 0 atom stereocenters. The Hall–Kier alpha value is -6.07. The summed E-state index contributed by atoms with van der Waals surface area (Å²) in [6.07, 6.45) is 5.49. The largest absolute Gasteiger partial charge is 0.464 e. The molecule has 0 fully saturated rings. The SMILES string of the molecule is C=C1/C(c2nc(-c3ccccc3)nc(-c3cccc4oc5ccccc5c34)n2)=C\C=COc2cccc(-c3ccccc3)c21. The van der Waals surface area contributed by atoms with Crippen LogP contribution in [-0.2, 0) is 0 Å². The lowest BCUT2D eigenvalue weighted by atomic mass is 9.89. The summed E-state index contributed by atoms with van der Waals surface area (Å²) in [5.41, 5.74) is 7.87. The number of para-hydroxylation sites is 1. The zero-order chi connectivity index (χ0) is 29.5. The van der Waals surface area contributed by atoms with Gasteiger partial charge in [-0.15, -0.1) is 0 Å². The van der Waals surface area contributed by atoms with E-state index in [4.69, 9.17) is 24.1 Å². The third-order valence-corrected chi connectivity index (χ3v) is 7.83. The lowest BCUT2D eigenvalue weighted by Gasteiger charge is -2.20. The van der Waals surface area contributed by atoms with Crippen molar-refractivity contribution in [2.24, 2.45) is 0 Å². The molecule has 7 aromatic rings. The molecule has 44 heavy (non-hydrogen) atoms. The average Bonchev–Trinajstić information content (AvgIpc) is 3.47. The van der Waals surface area contributed by atoms with E-state index in [1.165, 1.54) is 0 Å². The molecule has 0 amide bonds.